The van der Waals surface area contributed by atoms with Crippen molar-refractivity contribution in [2.24, 2.45) is 0 Å². The number of carbonyl (C=O) groups is 1. The van der Waals surface area contributed by atoms with E-state index in [0.29, 0.717) is 24.4 Å². The van der Waals surface area contributed by atoms with Crippen LogP contribution in [0.2, 0.25) is 0 Å². The van der Waals surface area contributed by atoms with Gasteiger partial charge in [0.25, 0.3) is 5.91 Å². The fourth-order valence-corrected chi connectivity index (χ4v) is 2.36. The molecule has 112 valence electrons. The van der Waals surface area contributed by atoms with Crippen molar-refractivity contribution in [2.75, 3.05) is 13.7 Å². The molecule has 1 aromatic heterocycles. The Morgan fingerprint density at radius 3 is 3.00 bits per heavy atom. The predicted octanol–water partition coefficient (Wildman–Crippen LogP) is 2.97. The third-order valence-corrected chi connectivity index (χ3v) is 3.54. The lowest BCUT2D eigenvalue weighted by Crippen LogP contribution is -2.26. The Balaban J connectivity index is 2.02. The fraction of sp³-hybridized carbons (Fsp3) is 0.267. The zero-order valence-corrected chi connectivity index (χ0v) is 13.2. The number of hydrogen-bond donors (Lipinski definition) is 1. The lowest BCUT2D eigenvalue weighted by atomic mass is 10.2. The Labute approximate surface area is 131 Å². The Bertz CT molecular complexity index is 628. The van der Waals surface area contributed by atoms with Crippen molar-refractivity contribution in [3.63, 3.8) is 0 Å². The van der Waals surface area contributed by atoms with Crippen LogP contribution in [-0.2, 0) is 17.8 Å². The third-order valence-electron chi connectivity index (χ3n) is 3.05. The number of nitrogens with one attached hydrogen (secondary N) is 1. The van der Waals surface area contributed by atoms with Gasteiger partial charge >= 0.3 is 0 Å². The van der Waals surface area contributed by atoms with Crippen LogP contribution in [0.25, 0.3) is 0 Å². The molecule has 0 spiro atoms. The van der Waals surface area contributed by atoms with E-state index in [1.54, 1.807) is 35.9 Å². The van der Waals surface area contributed by atoms with Crippen LogP contribution in [0.1, 0.15) is 16.1 Å². The van der Waals surface area contributed by atoms with Crippen LogP contribution in [0.4, 0.5) is 4.39 Å². The van der Waals surface area contributed by atoms with Crippen LogP contribution < -0.4 is 5.32 Å². The molecule has 0 aliphatic carbocycles. The van der Waals surface area contributed by atoms with Crippen molar-refractivity contribution in [2.45, 2.75) is 13.1 Å². The van der Waals surface area contributed by atoms with Crippen LogP contribution in [0, 0.1) is 5.82 Å². The summed E-state index contributed by atoms with van der Waals surface area (Å²) in [7, 11) is 1.61. The molecular weight excluding hydrogens is 339 g/mol. The third kappa shape index (κ3) is 4.15. The maximum atomic E-state index is 13.6. The molecule has 0 atom stereocenters. The number of aromatic nitrogens is 1. The Hall–Kier alpha value is -1.66. The van der Waals surface area contributed by atoms with Crippen molar-refractivity contribution in [1.29, 1.82) is 0 Å². The van der Waals surface area contributed by atoms with Crippen molar-refractivity contribution < 1.29 is 13.9 Å². The van der Waals surface area contributed by atoms with Gasteiger partial charge < -0.3 is 14.6 Å². The summed E-state index contributed by atoms with van der Waals surface area (Å²) in [6.45, 7) is 1.26. The van der Waals surface area contributed by atoms with Gasteiger partial charge in [-0.1, -0.05) is 15.9 Å². The highest BCUT2D eigenvalue weighted by Crippen LogP contribution is 2.15. The van der Waals surface area contributed by atoms with E-state index in [-0.39, 0.29) is 18.3 Å². The summed E-state index contributed by atoms with van der Waals surface area (Å²) >= 11 is 3.28. The SMILES string of the molecule is COCCn1cccc1C(=O)NCc1cc(Br)ccc1F. The molecule has 0 bridgehead atoms. The number of benzene rings is 1. The predicted molar refractivity (Wildman–Crippen MR) is 81.6 cm³/mol. The van der Waals surface area contributed by atoms with Gasteiger partial charge in [0.1, 0.15) is 11.5 Å². The van der Waals surface area contributed by atoms with E-state index >= 15 is 0 Å². The molecule has 1 N–H and O–H groups in total. The van der Waals surface area contributed by atoms with E-state index in [2.05, 4.69) is 21.2 Å². The first-order valence-electron chi connectivity index (χ1n) is 6.48. The molecular formula is C15H16BrFN2O2. The highest BCUT2D eigenvalue weighted by molar-refractivity contribution is 9.10. The van der Waals surface area contributed by atoms with Crippen molar-refractivity contribution in [3.8, 4) is 0 Å². The first-order chi connectivity index (χ1) is 10.1. The van der Waals surface area contributed by atoms with Crippen LogP contribution >= 0.6 is 15.9 Å². The van der Waals surface area contributed by atoms with E-state index in [9.17, 15) is 9.18 Å². The van der Waals surface area contributed by atoms with E-state index in [1.165, 1.54) is 6.07 Å². The maximum Gasteiger partial charge on any atom is 0.268 e. The molecule has 0 fully saturated rings. The summed E-state index contributed by atoms with van der Waals surface area (Å²) in [5.41, 5.74) is 0.968. The molecule has 1 heterocycles. The van der Waals surface area contributed by atoms with E-state index < -0.39 is 0 Å². The standard InChI is InChI=1S/C15H16BrFN2O2/c1-21-8-7-19-6-2-3-14(19)15(20)18-10-11-9-12(16)4-5-13(11)17/h2-6,9H,7-8,10H2,1H3,(H,18,20). The topological polar surface area (TPSA) is 43.3 Å². The van der Waals surface area contributed by atoms with Crippen LogP contribution in [0.3, 0.4) is 0 Å². The zero-order valence-electron chi connectivity index (χ0n) is 11.6. The monoisotopic (exact) mass is 354 g/mol. The van der Waals surface area contributed by atoms with E-state index in [0.717, 1.165) is 4.47 Å². The average Bonchev–Trinajstić information content (AvgIpc) is 2.94. The smallest absolute Gasteiger partial charge is 0.268 e. The molecule has 2 rings (SSSR count). The van der Waals surface area contributed by atoms with E-state index in [4.69, 9.17) is 4.74 Å². The summed E-state index contributed by atoms with van der Waals surface area (Å²) in [6, 6.07) is 8.16. The summed E-state index contributed by atoms with van der Waals surface area (Å²) in [6.07, 6.45) is 1.81. The van der Waals surface area contributed by atoms with Gasteiger partial charge in [-0.15, -0.1) is 0 Å². The number of ether oxygens (including phenoxy) is 1. The number of nitrogens with zero attached hydrogens (tertiary/aromatic N) is 1. The molecule has 0 unspecified atom stereocenters. The molecule has 1 aromatic carbocycles. The Kier molecular flexibility index (Phi) is 5.52. The number of rotatable bonds is 6. The minimum Gasteiger partial charge on any atom is -0.383 e. The number of methoxy groups -OCH3 is 1. The molecule has 1 amide bonds. The summed E-state index contributed by atoms with van der Waals surface area (Å²) in [5, 5.41) is 2.72. The molecule has 2 aromatic rings. The van der Waals surface area contributed by atoms with Crippen LogP contribution in [-0.4, -0.2) is 24.2 Å². The zero-order chi connectivity index (χ0) is 15.2. The Morgan fingerprint density at radius 1 is 1.43 bits per heavy atom. The normalized spacial score (nSPS) is 10.6. The van der Waals surface area contributed by atoms with Crippen LogP contribution in [0.15, 0.2) is 41.0 Å². The second kappa shape index (κ2) is 7.38. The van der Waals surface area contributed by atoms with Gasteiger partial charge in [-0.3, -0.25) is 4.79 Å². The summed E-state index contributed by atoms with van der Waals surface area (Å²) in [5.74, 6) is -0.580. The number of hydrogen-bond acceptors (Lipinski definition) is 2. The van der Waals surface area contributed by atoms with Gasteiger partial charge in [-0.05, 0) is 30.3 Å². The first kappa shape index (κ1) is 15.7. The lowest BCUT2D eigenvalue weighted by Gasteiger charge is -2.10. The second-order valence-corrected chi connectivity index (χ2v) is 5.41. The average molecular weight is 355 g/mol. The summed E-state index contributed by atoms with van der Waals surface area (Å²) in [4.78, 5) is 12.2. The van der Waals surface area contributed by atoms with E-state index in [1.807, 2.05) is 6.20 Å². The Morgan fingerprint density at radius 2 is 2.24 bits per heavy atom. The van der Waals surface area contributed by atoms with Crippen LogP contribution in [0.5, 0.6) is 0 Å². The minimum absolute atomic E-state index is 0.138. The fourth-order valence-electron chi connectivity index (χ4n) is 1.95. The second-order valence-electron chi connectivity index (χ2n) is 4.50. The van der Waals surface area contributed by atoms with Gasteiger partial charge in [0.05, 0.1) is 6.61 Å². The lowest BCUT2D eigenvalue weighted by molar-refractivity contribution is 0.0938. The minimum atomic E-state index is -0.340. The number of amides is 1. The molecule has 0 aliphatic rings. The quantitative estimate of drug-likeness (QED) is 0.866. The molecule has 0 aliphatic heterocycles. The molecule has 4 nitrogen and oxygen atoms in total. The first-order valence-corrected chi connectivity index (χ1v) is 7.27. The molecule has 0 saturated carbocycles. The molecule has 21 heavy (non-hydrogen) atoms. The van der Waals surface area contributed by atoms with Gasteiger partial charge in [0.2, 0.25) is 0 Å². The highest BCUT2D eigenvalue weighted by atomic mass is 79.9. The largest absolute Gasteiger partial charge is 0.383 e. The van der Waals surface area contributed by atoms with Gasteiger partial charge in [0.15, 0.2) is 0 Å². The molecule has 0 radical (unpaired) electrons. The van der Waals surface area contributed by atoms with Gasteiger partial charge in [0, 0.05) is 36.4 Å². The van der Waals surface area contributed by atoms with Crippen molar-refractivity contribution in [3.05, 3.63) is 58.1 Å². The maximum absolute atomic E-state index is 13.6. The van der Waals surface area contributed by atoms with Crippen molar-refractivity contribution >= 4 is 21.8 Å². The van der Waals surface area contributed by atoms with Gasteiger partial charge in [-0.2, -0.15) is 0 Å². The highest BCUT2D eigenvalue weighted by Gasteiger charge is 2.11. The number of halogens is 2. The van der Waals surface area contributed by atoms with Crippen molar-refractivity contribution in [1.82, 2.24) is 9.88 Å². The molecule has 0 saturated heterocycles. The van der Waals surface area contributed by atoms with Gasteiger partial charge in [-0.25, -0.2) is 4.39 Å². The number of carbonyl (C=O) groups excluding carboxylic acids is 1. The summed E-state index contributed by atoms with van der Waals surface area (Å²) < 4.78 is 21.2. The molecule has 6 heteroatoms.